The zero-order chi connectivity index (χ0) is 14.7. The van der Waals surface area contributed by atoms with Crippen LogP contribution in [-0.2, 0) is 6.61 Å². The van der Waals surface area contributed by atoms with Crippen LogP contribution < -0.4 is 4.74 Å². The predicted molar refractivity (Wildman–Crippen MR) is 77.2 cm³/mol. The van der Waals surface area contributed by atoms with Gasteiger partial charge >= 0.3 is 0 Å². The summed E-state index contributed by atoms with van der Waals surface area (Å²) in [6.45, 7) is 1.43. The van der Waals surface area contributed by atoms with E-state index in [0.717, 1.165) is 0 Å². The minimum Gasteiger partial charge on any atom is -0.489 e. The largest absolute Gasteiger partial charge is 0.489 e. The fourth-order valence-corrected chi connectivity index (χ4v) is 2.20. The van der Waals surface area contributed by atoms with Gasteiger partial charge in [0.25, 0.3) is 0 Å². The van der Waals surface area contributed by atoms with Crippen LogP contribution in [0.5, 0.6) is 5.75 Å². The number of ether oxygens (including phenoxy) is 1. The van der Waals surface area contributed by atoms with E-state index in [-0.39, 0.29) is 18.0 Å². The lowest BCUT2D eigenvalue weighted by molar-refractivity contribution is 0.101. The summed E-state index contributed by atoms with van der Waals surface area (Å²) >= 11 is 12.0. The molecule has 0 spiro atoms. The highest BCUT2D eigenvalue weighted by atomic mass is 35.5. The maximum absolute atomic E-state index is 13.6. The van der Waals surface area contributed by atoms with Crippen LogP contribution in [0.25, 0.3) is 0 Å². The van der Waals surface area contributed by atoms with Crippen molar-refractivity contribution in [1.29, 1.82) is 0 Å². The number of carbonyl (C=O) groups excluding carboxylic acids is 1. The minimum atomic E-state index is -0.611. The molecule has 0 atom stereocenters. The Bertz CT molecular complexity index is 636. The molecule has 0 aromatic heterocycles. The van der Waals surface area contributed by atoms with Crippen molar-refractivity contribution in [1.82, 2.24) is 0 Å². The van der Waals surface area contributed by atoms with Crippen molar-refractivity contribution in [2.75, 3.05) is 0 Å². The number of rotatable bonds is 4. The van der Waals surface area contributed by atoms with Crippen LogP contribution in [0.15, 0.2) is 36.4 Å². The first-order chi connectivity index (χ1) is 9.49. The predicted octanol–water partition coefficient (Wildman–Crippen LogP) is 4.91. The van der Waals surface area contributed by atoms with Crippen LogP contribution in [0.4, 0.5) is 4.39 Å². The van der Waals surface area contributed by atoms with Crippen molar-refractivity contribution in [2.45, 2.75) is 13.5 Å². The van der Waals surface area contributed by atoms with E-state index in [1.807, 2.05) is 0 Å². The molecule has 0 aliphatic rings. The summed E-state index contributed by atoms with van der Waals surface area (Å²) in [5, 5.41) is 0.969. The lowest BCUT2D eigenvalue weighted by atomic mass is 10.1. The van der Waals surface area contributed by atoms with Gasteiger partial charge in [0.1, 0.15) is 18.2 Å². The molecule has 0 aliphatic carbocycles. The molecular formula is C15H11Cl2FO2. The molecule has 2 aromatic rings. The van der Waals surface area contributed by atoms with Crippen molar-refractivity contribution in [3.63, 3.8) is 0 Å². The molecule has 0 N–H and O–H groups in total. The van der Waals surface area contributed by atoms with Gasteiger partial charge in [0.2, 0.25) is 0 Å². The monoisotopic (exact) mass is 312 g/mol. The highest BCUT2D eigenvalue weighted by molar-refractivity contribution is 6.35. The van der Waals surface area contributed by atoms with Gasteiger partial charge in [-0.3, -0.25) is 4.79 Å². The molecule has 0 saturated heterocycles. The van der Waals surface area contributed by atoms with E-state index >= 15 is 0 Å². The van der Waals surface area contributed by atoms with Gasteiger partial charge in [-0.15, -0.1) is 0 Å². The van der Waals surface area contributed by atoms with Crippen LogP contribution in [0.1, 0.15) is 22.8 Å². The van der Waals surface area contributed by atoms with E-state index in [4.69, 9.17) is 27.9 Å². The zero-order valence-corrected chi connectivity index (χ0v) is 12.1. The first-order valence-electron chi connectivity index (χ1n) is 5.85. The lowest BCUT2D eigenvalue weighted by Crippen LogP contribution is -2.00. The molecule has 0 unspecified atom stereocenters. The van der Waals surface area contributed by atoms with Gasteiger partial charge in [-0.05, 0) is 31.2 Å². The second kappa shape index (κ2) is 6.25. The Hall–Kier alpha value is -1.58. The quantitative estimate of drug-likeness (QED) is 0.749. The van der Waals surface area contributed by atoms with E-state index in [1.54, 1.807) is 18.2 Å². The van der Waals surface area contributed by atoms with E-state index in [0.29, 0.717) is 21.4 Å². The van der Waals surface area contributed by atoms with E-state index in [2.05, 4.69) is 0 Å². The molecule has 0 radical (unpaired) electrons. The number of halogens is 3. The maximum atomic E-state index is 13.6. The van der Waals surface area contributed by atoms with Gasteiger partial charge in [0, 0.05) is 21.7 Å². The van der Waals surface area contributed by atoms with Crippen molar-refractivity contribution in [2.24, 2.45) is 0 Å². The molecule has 104 valence electrons. The van der Waals surface area contributed by atoms with Crippen LogP contribution in [-0.4, -0.2) is 5.78 Å². The highest BCUT2D eigenvalue weighted by Crippen LogP contribution is 2.26. The molecule has 0 fully saturated rings. The van der Waals surface area contributed by atoms with Gasteiger partial charge in [-0.2, -0.15) is 0 Å². The smallest absolute Gasteiger partial charge is 0.162 e. The number of ketones is 1. The van der Waals surface area contributed by atoms with Crippen LogP contribution in [0, 0.1) is 5.82 Å². The molecule has 0 amide bonds. The molecular weight excluding hydrogens is 302 g/mol. The van der Waals surface area contributed by atoms with Gasteiger partial charge in [-0.1, -0.05) is 29.3 Å². The lowest BCUT2D eigenvalue weighted by Gasteiger charge is -2.10. The molecule has 2 rings (SSSR count). The third-order valence-corrected chi connectivity index (χ3v) is 3.47. The zero-order valence-electron chi connectivity index (χ0n) is 10.6. The summed E-state index contributed by atoms with van der Waals surface area (Å²) in [6.07, 6.45) is 0. The Morgan fingerprint density at radius 3 is 2.40 bits per heavy atom. The summed E-state index contributed by atoms with van der Waals surface area (Å²) < 4.78 is 19.1. The first-order valence-corrected chi connectivity index (χ1v) is 6.61. The molecule has 0 bridgehead atoms. The fraction of sp³-hybridized carbons (Fsp3) is 0.133. The summed E-state index contributed by atoms with van der Waals surface area (Å²) in [5.41, 5.74) is 0.667. The van der Waals surface area contributed by atoms with Crippen molar-refractivity contribution in [3.05, 3.63) is 63.4 Å². The van der Waals surface area contributed by atoms with Crippen LogP contribution >= 0.6 is 23.2 Å². The molecule has 5 heteroatoms. The number of Topliss-reactive ketones (excluding diaryl/α,β-unsaturated/α-hetero) is 1. The van der Waals surface area contributed by atoms with Crippen LogP contribution in [0.3, 0.4) is 0 Å². The van der Waals surface area contributed by atoms with Gasteiger partial charge < -0.3 is 4.74 Å². The van der Waals surface area contributed by atoms with E-state index < -0.39 is 5.82 Å². The normalized spacial score (nSPS) is 10.4. The number of hydrogen-bond donors (Lipinski definition) is 0. The minimum absolute atomic E-state index is 0.0353. The number of hydrogen-bond acceptors (Lipinski definition) is 2. The first kappa shape index (κ1) is 14.8. The second-order valence-corrected chi connectivity index (χ2v) is 5.00. The van der Waals surface area contributed by atoms with Crippen molar-refractivity contribution in [3.8, 4) is 5.75 Å². The topological polar surface area (TPSA) is 26.3 Å². The molecule has 0 saturated carbocycles. The van der Waals surface area contributed by atoms with Crippen molar-refractivity contribution < 1.29 is 13.9 Å². The third kappa shape index (κ3) is 3.30. The summed E-state index contributed by atoms with van der Waals surface area (Å²) in [4.78, 5) is 11.1. The summed E-state index contributed by atoms with van der Waals surface area (Å²) in [5.74, 6) is -0.632. The van der Waals surface area contributed by atoms with Gasteiger partial charge in [-0.25, -0.2) is 4.39 Å². The molecule has 0 heterocycles. The Kier molecular flexibility index (Phi) is 4.63. The maximum Gasteiger partial charge on any atom is 0.162 e. The van der Waals surface area contributed by atoms with Gasteiger partial charge in [0.05, 0.1) is 5.56 Å². The molecule has 2 aromatic carbocycles. The average molecular weight is 313 g/mol. The van der Waals surface area contributed by atoms with E-state index in [9.17, 15) is 9.18 Å². The van der Waals surface area contributed by atoms with Crippen molar-refractivity contribution >= 4 is 29.0 Å². The SMILES string of the molecule is CC(=O)c1ccc(OCc2c(Cl)cccc2Cl)cc1F. The Morgan fingerprint density at radius 1 is 1.20 bits per heavy atom. The fourth-order valence-electron chi connectivity index (χ4n) is 1.70. The number of benzene rings is 2. The summed E-state index contributed by atoms with van der Waals surface area (Å²) in [7, 11) is 0. The molecule has 0 aliphatic heterocycles. The molecule has 20 heavy (non-hydrogen) atoms. The Morgan fingerprint density at radius 2 is 1.85 bits per heavy atom. The molecule has 2 nitrogen and oxygen atoms in total. The Labute approximate surface area is 126 Å². The number of carbonyl (C=O) groups is 1. The third-order valence-electron chi connectivity index (χ3n) is 2.76. The van der Waals surface area contributed by atoms with E-state index in [1.165, 1.54) is 25.1 Å². The Balaban J connectivity index is 2.16. The van der Waals surface area contributed by atoms with Crippen LogP contribution in [0.2, 0.25) is 10.0 Å². The second-order valence-electron chi connectivity index (χ2n) is 4.19. The average Bonchev–Trinajstić information content (AvgIpc) is 2.37. The standard InChI is InChI=1S/C15H11Cl2FO2/c1-9(19)11-6-5-10(7-15(11)18)20-8-12-13(16)3-2-4-14(12)17/h2-7H,8H2,1H3. The highest BCUT2D eigenvalue weighted by Gasteiger charge is 2.10. The van der Waals surface area contributed by atoms with Gasteiger partial charge in [0.15, 0.2) is 5.78 Å². The summed E-state index contributed by atoms with van der Waals surface area (Å²) in [6, 6.07) is 9.22.